The van der Waals surface area contributed by atoms with Crippen LogP contribution in [0.5, 0.6) is 5.75 Å². The van der Waals surface area contributed by atoms with Gasteiger partial charge in [0.15, 0.2) is 0 Å². The summed E-state index contributed by atoms with van der Waals surface area (Å²) in [6.45, 7) is 0.393. The summed E-state index contributed by atoms with van der Waals surface area (Å²) in [6.07, 6.45) is 1.66. The van der Waals surface area contributed by atoms with Crippen molar-refractivity contribution in [2.45, 2.75) is 13.2 Å². The molecule has 0 aliphatic carbocycles. The van der Waals surface area contributed by atoms with Crippen molar-refractivity contribution in [1.82, 2.24) is 4.90 Å². The highest BCUT2D eigenvalue weighted by molar-refractivity contribution is 14.1. The predicted molar refractivity (Wildman–Crippen MR) is 131 cm³/mol. The molecule has 0 N–H and O–H groups in total. The van der Waals surface area contributed by atoms with Gasteiger partial charge in [0.05, 0.1) is 18.6 Å². The Kier molecular flexibility index (Phi) is 7.19. The number of furan rings is 1. The summed E-state index contributed by atoms with van der Waals surface area (Å²) in [5.74, 6) is -0.00716. The molecule has 0 atom stereocenters. The number of benzene rings is 2. The fourth-order valence-corrected chi connectivity index (χ4v) is 4.22. The first-order chi connectivity index (χ1) is 15.9. The largest absolute Gasteiger partial charge is 0.489 e. The molecule has 1 aliphatic rings. The molecule has 2 heterocycles. The van der Waals surface area contributed by atoms with E-state index in [1.807, 2.05) is 48.5 Å². The number of halogens is 1. The average molecular weight is 575 g/mol. The fraction of sp³-hybridized carbons (Fsp3) is 0.125. The lowest BCUT2D eigenvalue weighted by Crippen LogP contribution is -2.27. The summed E-state index contributed by atoms with van der Waals surface area (Å²) in [5.41, 5.74) is 1.84. The summed E-state index contributed by atoms with van der Waals surface area (Å²) in [4.78, 5) is 38.0. The van der Waals surface area contributed by atoms with Crippen LogP contribution < -0.4 is 4.74 Å². The Labute approximate surface area is 207 Å². The van der Waals surface area contributed by atoms with Crippen LogP contribution in [-0.2, 0) is 22.7 Å². The van der Waals surface area contributed by atoms with Gasteiger partial charge in [0.2, 0.25) is 5.76 Å². The van der Waals surface area contributed by atoms with Crippen molar-refractivity contribution in [2.75, 3.05) is 7.11 Å². The van der Waals surface area contributed by atoms with Gasteiger partial charge in [-0.05, 0) is 88.0 Å². The van der Waals surface area contributed by atoms with E-state index in [4.69, 9.17) is 9.15 Å². The van der Waals surface area contributed by atoms with Gasteiger partial charge in [-0.25, -0.2) is 4.79 Å². The second-order valence-corrected chi connectivity index (χ2v) is 9.25. The van der Waals surface area contributed by atoms with Crippen molar-refractivity contribution >= 4 is 57.5 Å². The highest BCUT2D eigenvalue weighted by Crippen LogP contribution is 2.33. The molecule has 1 aromatic heterocycles. The van der Waals surface area contributed by atoms with Crippen LogP contribution in [0.15, 0.2) is 70.0 Å². The standard InChI is InChI=1S/C24H18INO6S/c1-30-23(28)20-11-10-19(32-20)13-26-22(27)21(33-24(26)29)12-15-4-8-18(9-5-15)31-14-16-2-6-17(25)7-3-16/h2-12H,13-14H2,1H3/b21-12+. The van der Waals surface area contributed by atoms with Crippen LogP contribution in [0.2, 0.25) is 0 Å². The third kappa shape index (κ3) is 5.66. The van der Waals surface area contributed by atoms with E-state index in [1.165, 1.54) is 22.8 Å². The van der Waals surface area contributed by atoms with Gasteiger partial charge in [-0.1, -0.05) is 24.3 Å². The summed E-state index contributed by atoms with van der Waals surface area (Å²) in [5, 5.41) is -0.403. The molecular weight excluding hydrogens is 557 g/mol. The van der Waals surface area contributed by atoms with Crippen LogP contribution in [0.1, 0.15) is 27.4 Å². The van der Waals surface area contributed by atoms with Gasteiger partial charge in [-0.3, -0.25) is 14.5 Å². The number of carbonyl (C=O) groups excluding carboxylic acids is 3. The van der Waals surface area contributed by atoms with E-state index in [-0.39, 0.29) is 12.3 Å². The van der Waals surface area contributed by atoms with Crippen LogP contribution in [0, 0.1) is 3.57 Å². The average Bonchev–Trinajstić information content (AvgIpc) is 3.39. The normalized spacial score (nSPS) is 14.7. The molecular formula is C24H18INO6S. The van der Waals surface area contributed by atoms with Crippen LogP contribution in [-0.4, -0.2) is 29.1 Å². The monoisotopic (exact) mass is 575 g/mol. The van der Waals surface area contributed by atoms with Crippen molar-refractivity contribution in [3.63, 3.8) is 0 Å². The molecule has 2 aromatic carbocycles. The topological polar surface area (TPSA) is 86.0 Å². The van der Waals surface area contributed by atoms with Crippen molar-refractivity contribution in [2.24, 2.45) is 0 Å². The van der Waals surface area contributed by atoms with E-state index in [2.05, 4.69) is 27.3 Å². The maximum atomic E-state index is 12.7. The molecule has 0 radical (unpaired) electrons. The second kappa shape index (κ2) is 10.3. The van der Waals surface area contributed by atoms with E-state index in [0.717, 1.165) is 27.8 Å². The number of carbonyl (C=O) groups is 3. The van der Waals surface area contributed by atoms with Crippen molar-refractivity contribution in [1.29, 1.82) is 0 Å². The summed E-state index contributed by atoms with van der Waals surface area (Å²) in [7, 11) is 1.24. The smallest absolute Gasteiger partial charge is 0.373 e. The second-order valence-electron chi connectivity index (χ2n) is 7.01. The number of esters is 1. The Morgan fingerprint density at radius 3 is 2.48 bits per heavy atom. The molecule has 7 nitrogen and oxygen atoms in total. The van der Waals surface area contributed by atoms with Gasteiger partial charge < -0.3 is 13.9 Å². The third-order valence-electron chi connectivity index (χ3n) is 4.73. The highest BCUT2D eigenvalue weighted by atomic mass is 127. The van der Waals surface area contributed by atoms with Gasteiger partial charge in [0, 0.05) is 3.57 Å². The summed E-state index contributed by atoms with van der Waals surface area (Å²) >= 11 is 3.12. The predicted octanol–water partition coefficient (Wildman–Crippen LogP) is 5.49. The number of imide groups is 1. The Hall–Kier alpha value is -3.05. The number of thioether (sulfide) groups is 1. The molecule has 168 valence electrons. The lowest BCUT2D eigenvalue weighted by atomic mass is 10.2. The number of ether oxygens (including phenoxy) is 2. The zero-order valence-electron chi connectivity index (χ0n) is 17.4. The lowest BCUT2D eigenvalue weighted by Gasteiger charge is -2.10. The maximum absolute atomic E-state index is 12.7. The SMILES string of the molecule is COC(=O)c1ccc(CN2C(=O)S/C(=C/c3ccc(OCc4ccc(I)cc4)cc3)C2=O)o1. The van der Waals surface area contributed by atoms with Gasteiger partial charge in [0.1, 0.15) is 18.1 Å². The van der Waals surface area contributed by atoms with Crippen molar-refractivity contribution in [3.05, 3.63) is 91.8 Å². The minimum atomic E-state index is -0.624. The van der Waals surface area contributed by atoms with E-state index in [9.17, 15) is 14.4 Å². The number of methoxy groups -OCH3 is 1. The van der Waals surface area contributed by atoms with E-state index in [1.54, 1.807) is 6.08 Å². The Morgan fingerprint density at radius 2 is 1.79 bits per heavy atom. The van der Waals surface area contributed by atoms with Gasteiger partial charge in [0.25, 0.3) is 11.1 Å². The molecule has 4 rings (SSSR count). The number of rotatable bonds is 7. The molecule has 0 bridgehead atoms. The fourth-order valence-electron chi connectivity index (χ4n) is 3.02. The number of hydrogen-bond donors (Lipinski definition) is 0. The molecule has 1 aliphatic heterocycles. The zero-order valence-corrected chi connectivity index (χ0v) is 20.4. The van der Waals surface area contributed by atoms with Crippen LogP contribution in [0.25, 0.3) is 6.08 Å². The van der Waals surface area contributed by atoms with E-state index >= 15 is 0 Å². The van der Waals surface area contributed by atoms with Crippen LogP contribution in [0.4, 0.5) is 4.79 Å². The number of amides is 2. The highest BCUT2D eigenvalue weighted by Gasteiger charge is 2.35. The summed E-state index contributed by atoms with van der Waals surface area (Å²) in [6, 6.07) is 18.4. The quantitative estimate of drug-likeness (QED) is 0.209. The Bertz CT molecular complexity index is 1220. The van der Waals surface area contributed by atoms with E-state index < -0.39 is 17.1 Å². The third-order valence-corrected chi connectivity index (χ3v) is 6.36. The minimum Gasteiger partial charge on any atom is -0.489 e. The first-order valence-corrected chi connectivity index (χ1v) is 11.7. The molecule has 0 spiro atoms. The van der Waals surface area contributed by atoms with Crippen molar-refractivity contribution < 1.29 is 28.3 Å². The molecule has 0 saturated carbocycles. The van der Waals surface area contributed by atoms with Gasteiger partial charge >= 0.3 is 5.97 Å². The lowest BCUT2D eigenvalue weighted by molar-refractivity contribution is -0.123. The van der Waals surface area contributed by atoms with E-state index in [0.29, 0.717) is 23.0 Å². The van der Waals surface area contributed by atoms with Gasteiger partial charge in [-0.2, -0.15) is 0 Å². The molecule has 9 heteroatoms. The maximum Gasteiger partial charge on any atom is 0.373 e. The van der Waals surface area contributed by atoms with Crippen LogP contribution in [0.3, 0.4) is 0 Å². The minimum absolute atomic E-state index is 0.0133. The van der Waals surface area contributed by atoms with Crippen LogP contribution >= 0.6 is 34.4 Å². The Balaban J connectivity index is 1.39. The molecule has 1 saturated heterocycles. The molecule has 3 aromatic rings. The first kappa shape index (κ1) is 23.1. The zero-order chi connectivity index (χ0) is 23.4. The van der Waals surface area contributed by atoms with Crippen molar-refractivity contribution in [3.8, 4) is 5.75 Å². The Morgan fingerprint density at radius 1 is 1.06 bits per heavy atom. The number of nitrogens with zero attached hydrogens (tertiary/aromatic N) is 1. The van der Waals surface area contributed by atoms with Gasteiger partial charge in [-0.15, -0.1) is 0 Å². The molecule has 2 amide bonds. The summed E-state index contributed by atoms with van der Waals surface area (Å²) < 4.78 is 16.9. The molecule has 1 fully saturated rings. The molecule has 33 heavy (non-hydrogen) atoms. The molecule has 0 unspecified atom stereocenters. The first-order valence-electron chi connectivity index (χ1n) is 9.82. The number of hydrogen-bond acceptors (Lipinski definition) is 7.